The molecule has 0 aliphatic carbocycles. The van der Waals surface area contributed by atoms with Gasteiger partial charge in [0, 0.05) is 63.1 Å². The average Bonchev–Trinajstić information content (AvgIpc) is 3.68. The number of piperazine rings is 1. The van der Waals surface area contributed by atoms with E-state index in [1.54, 1.807) is 22.7 Å². The van der Waals surface area contributed by atoms with E-state index >= 15 is 0 Å². The Kier molecular flexibility index (Phi) is 10.8. The number of anilines is 2. The number of hydrogen-bond donors (Lipinski definition) is 0. The van der Waals surface area contributed by atoms with Gasteiger partial charge in [0.05, 0.1) is 36.1 Å². The van der Waals surface area contributed by atoms with E-state index < -0.39 is 6.17 Å². The first-order chi connectivity index (χ1) is 22.8. The zero-order valence-corrected chi connectivity index (χ0v) is 28.7. The second kappa shape index (κ2) is 15.2. The van der Waals surface area contributed by atoms with Gasteiger partial charge in [-0.1, -0.05) is 18.2 Å². The van der Waals surface area contributed by atoms with Crippen molar-refractivity contribution in [2.45, 2.75) is 70.1 Å². The van der Waals surface area contributed by atoms with E-state index in [2.05, 4.69) is 59.9 Å². The predicted octanol–water partition coefficient (Wildman–Crippen LogP) is 4.31. The van der Waals surface area contributed by atoms with Crippen molar-refractivity contribution in [1.29, 1.82) is 5.26 Å². The normalized spacial score (nSPS) is 23.8. The number of alkyl halides is 1. The van der Waals surface area contributed by atoms with E-state index in [1.807, 2.05) is 11.0 Å². The zero-order valence-electron chi connectivity index (χ0n) is 27.9. The van der Waals surface area contributed by atoms with Crippen molar-refractivity contribution in [1.82, 2.24) is 24.7 Å². The number of fused-ring (bicyclic) bond motifs is 1. The van der Waals surface area contributed by atoms with Gasteiger partial charge in [0.25, 0.3) is 0 Å². The molecule has 12 heteroatoms. The molecular weight excluding hydrogens is 616 g/mol. The molecule has 0 bridgehead atoms. The molecule has 10 nitrogen and oxygen atoms in total. The maximum Gasteiger partial charge on any atom is 0.319 e. The third kappa shape index (κ3) is 7.85. The second-order valence-corrected chi connectivity index (χ2v) is 14.3. The van der Waals surface area contributed by atoms with Crippen molar-refractivity contribution in [2.24, 2.45) is 0 Å². The number of carbonyl (C=O) groups is 1. The summed E-state index contributed by atoms with van der Waals surface area (Å²) in [5.41, 5.74) is 5.86. The Labute approximate surface area is 282 Å². The molecule has 6 rings (SSSR count). The summed E-state index contributed by atoms with van der Waals surface area (Å²) in [4.78, 5) is 34.1. The van der Waals surface area contributed by atoms with Crippen molar-refractivity contribution >= 4 is 29.2 Å². The van der Waals surface area contributed by atoms with Crippen LogP contribution in [0.2, 0.25) is 0 Å². The largest absolute Gasteiger partial charge is 0.452 e. The smallest absolute Gasteiger partial charge is 0.319 e. The van der Waals surface area contributed by atoms with Crippen molar-refractivity contribution < 1.29 is 13.9 Å². The molecule has 3 saturated heterocycles. The summed E-state index contributed by atoms with van der Waals surface area (Å²) in [6, 6.07) is 8.85. The third-order valence-corrected chi connectivity index (χ3v) is 11.3. The molecule has 4 aliphatic heterocycles. The first kappa shape index (κ1) is 33.5. The minimum absolute atomic E-state index is 0.104. The van der Waals surface area contributed by atoms with Crippen LogP contribution in [0.5, 0.6) is 6.01 Å². The number of aromatic nitrogens is 2. The standard InChI is InChI=1S/C35H47FN8O2S/c1-25-7-4-8-31(26(25)2)42-18-13-29-30(23-42)38-35(46-24-47-33-10-6-15-40(33)3)39-34(29)43-19-20-44(28(22-43)11-14-37)32(45)9-5-16-41-17-12-27(36)21-41/h4-5,7-9,27-28,33H,6,10-13,15-24H2,1-3H3/b9-5+/t27?,28-,33+/m0/s1. The summed E-state index contributed by atoms with van der Waals surface area (Å²) in [7, 11) is 2.16. The topological polar surface area (TPSA) is 92.1 Å². The van der Waals surface area contributed by atoms with Gasteiger partial charge in [-0.2, -0.15) is 15.2 Å². The van der Waals surface area contributed by atoms with Gasteiger partial charge in [-0.05, 0) is 70.3 Å². The number of halogens is 1. The van der Waals surface area contributed by atoms with Crippen LogP contribution >= 0.6 is 11.8 Å². The first-order valence-corrected chi connectivity index (χ1v) is 18.0. The summed E-state index contributed by atoms with van der Waals surface area (Å²) in [5, 5.41) is 10.2. The van der Waals surface area contributed by atoms with Crippen LogP contribution in [0.1, 0.15) is 48.1 Å². The number of aryl methyl sites for hydroxylation is 1. The lowest BCUT2D eigenvalue weighted by Crippen LogP contribution is -2.55. The van der Waals surface area contributed by atoms with Gasteiger partial charge in [0.15, 0.2) is 0 Å². The number of likely N-dealkylation sites (tertiary alicyclic amines) is 2. The fourth-order valence-electron chi connectivity index (χ4n) is 7.22. The predicted molar refractivity (Wildman–Crippen MR) is 184 cm³/mol. The fourth-order valence-corrected chi connectivity index (χ4v) is 8.25. The third-order valence-electron chi connectivity index (χ3n) is 10.1. The molecule has 0 N–H and O–H groups in total. The molecule has 252 valence electrons. The molecular formula is C35H47FN8O2S. The number of nitriles is 1. The zero-order chi connectivity index (χ0) is 32.9. The van der Waals surface area contributed by atoms with Crippen molar-refractivity contribution in [3.05, 3.63) is 52.7 Å². The highest BCUT2D eigenvalue weighted by Crippen LogP contribution is 2.34. The van der Waals surface area contributed by atoms with E-state index in [1.165, 1.54) is 23.2 Å². The molecule has 0 spiro atoms. The fraction of sp³-hybridized carbons (Fsp3) is 0.600. The van der Waals surface area contributed by atoms with E-state index in [9.17, 15) is 14.4 Å². The summed E-state index contributed by atoms with van der Waals surface area (Å²) < 4.78 is 19.8. The average molecular weight is 663 g/mol. The second-order valence-electron chi connectivity index (χ2n) is 13.2. The Balaban J connectivity index is 1.21. The molecule has 1 amide bonds. The monoisotopic (exact) mass is 662 g/mol. The lowest BCUT2D eigenvalue weighted by atomic mass is 10.0. The SMILES string of the molecule is Cc1cccc(N2CCc3c(nc(OCS[C@@H]4CCCN4C)nc3N3CCN(C(=O)/C=C/CN4CCC(F)C4)[C@@H](CC#N)C3)C2)c1C. The van der Waals surface area contributed by atoms with Gasteiger partial charge in [-0.15, -0.1) is 11.8 Å². The van der Waals surface area contributed by atoms with Crippen LogP contribution in [0.25, 0.3) is 0 Å². The van der Waals surface area contributed by atoms with Gasteiger partial charge in [0.1, 0.15) is 17.9 Å². The van der Waals surface area contributed by atoms with E-state index in [-0.39, 0.29) is 18.4 Å². The molecule has 3 fully saturated rings. The molecule has 1 aromatic carbocycles. The van der Waals surface area contributed by atoms with Crippen LogP contribution in [0.4, 0.5) is 15.9 Å². The molecule has 3 atom stereocenters. The number of thioether (sulfide) groups is 1. The van der Waals surface area contributed by atoms with Gasteiger partial charge in [0.2, 0.25) is 5.91 Å². The van der Waals surface area contributed by atoms with Crippen LogP contribution in [-0.2, 0) is 17.8 Å². The number of ether oxygens (including phenoxy) is 1. The van der Waals surface area contributed by atoms with E-state index in [0.29, 0.717) is 69.6 Å². The highest BCUT2D eigenvalue weighted by atomic mass is 32.2. The Bertz CT molecular complexity index is 1500. The number of benzene rings is 1. The van der Waals surface area contributed by atoms with Crippen LogP contribution in [0.3, 0.4) is 0 Å². The Morgan fingerprint density at radius 2 is 2.00 bits per heavy atom. The Morgan fingerprint density at radius 3 is 2.77 bits per heavy atom. The van der Waals surface area contributed by atoms with Gasteiger partial charge in [-0.25, -0.2) is 4.39 Å². The van der Waals surface area contributed by atoms with Crippen LogP contribution in [0.15, 0.2) is 30.4 Å². The minimum atomic E-state index is -0.784. The minimum Gasteiger partial charge on any atom is -0.452 e. The van der Waals surface area contributed by atoms with Gasteiger partial charge in [-0.3, -0.25) is 14.6 Å². The molecule has 4 aliphatic rings. The number of carbonyl (C=O) groups excluding carboxylic acids is 1. The summed E-state index contributed by atoms with van der Waals surface area (Å²) in [5.74, 6) is 1.23. The molecule has 2 aromatic rings. The maximum atomic E-state index is 13.6. The van der Waals surface area contributed by atoms with E-state index in [0.717, 1.165) is 43.0 Å². The number of rotatable bonds is 10. The Morgan fingerprint density at radius 1 is 1.13 bits per heavy atom. The Hall–Kier alpha value is -3.40. The summed E-state index contributed by atoms with van der Waals surface area (Å²) in [6.45, 7) is 10.2. The number of hydrogen-bond acceptors (Lipinski definition) is 10. The first-order valence-electron chi connectivity index (χ1n) is 16.9. The molecule has 47 heavy (non-hydrogen) atoms. The molecule has 0 radical (unpaired) electrons. The van der Waals surface area contributed by atoms with Gasteiger partial charge >= 0.3 is 6.01 Å². The summed E-state index contributed by atoms with van der Waals surface area (Å²) >= 11 is 1.78. The lowest BCUT2D eigenvalue weighted by Gasteiger charge is -2.42. The molecule has 0 saturated carbocycles. The lowest BCUT2D eigenvalue weighted by molar-refractivity contribution is -0.128. The molecule has 5 heterocycles. The molecule has 1 unspecified atom stereocenters. The molecule has 1 aromatic heterocycles. The van der Waals surface area contributed by atoms with Crippen molar-refractivity contribution in [2.75, 3.05) is 75.1 Å². The van der Waals surface area contributed by atoms with Gasteiger partial charge < -0.3 is 19.4 Å². The number of nitrogens with zero attached hydrogens (tertiary/aromatic N) is 8. The number of amides is 1. The highest BCUT2D eigenvalue weighted by Gasteiger charge is 2.34. The van der Waals surface area contributed by atoms with Crippen LogP contribution < -0.4 is 14.5 Å². The van der Waals surface area contributed by atoms with Crippen LogP contribution in [-0.4, -0.2) is 114 Å². The summed E-state index contributed by atoms with van der Waals surface area (Å²) in [6.07, 6.45) is 6.56. The van der Waals surface area contributed by atoms with Crippen LogP contribution in [0, 0.1) is 25.2 Å². The van der Waals surface area contributed by atoms with E-state index in [4.69, 9.17) is 14.7 Å². The van der Waals surface area contributed by atoms with Crippen molar-refractivity contribution in [3.8, 4) is 12.1 Å². The quantitative estimate of drug-likeness (QED) is 0.271. The van der Waals surface area contributed by atoms with Crippen molar-refractivity contribution in [3.63, 3.8) is 0 Å². The highest BCUT2D eigenvalue weighted by molar-refractivity contribution is 7.99. The maximum absolute atomic E-state index is 13.6.